The van der Waals surface area contributed by atoms with Crippen LogP contribution in [0.5, 0.6) is 5.88 Å². The number of ketones is 1. The Labute approximate surface area is 175 Å². The van der Waals surface area contributed by atoms with E-state index in [1.54, 1.807) is 12.4 Å². The van der Waals surface area contributed by atoms with Crippen LogP contribution in [0.3, 0.4) is 0 Å². The van der Waals surface area contributed by atoms with Gasteiger partial charge in [0.05, 0.1) is 0 Å². The molecular formula is C22H28BrN3O2. The van der Waals surface area contributed by atoms with Crippen LogP contribution in [0.4, 0.5) is 0 Å². The van der Waals surface area contributed by atoms with Gasteiger partial charge < -0.3 is 4.74 Å². The van der Waals surface area contributed by atoms with E-state index in [4.69, 9.17) is 4.74 Å². The minimum atomic E-state index is -0.310. The fourth-order valence-corrected chi connectivity index (χ4v) is 3.86. The number of ether oxygens (including phenoxy) is 1. The minimum absolute atomic E-state index is 0.135. The third kappa shape index (κ3) is 5.85. The van der Waals surface area contributed by atoms with Crippen LogP contribution in [0.15, 0.2) is 41.1 Å². The molecule has 6 heteroatoms. The highest BCUT2D eigenvalue weighted by Crippen LogP contribution is 2.25. The molecule has 1 aromatic heterocycles. The maximum absolute atomic E-state index is 12.7. The lowest BCUT2D eigenvalue weighted by Gasteiger charge is -2.31. The van der Waals surface area contributed by atoms with E-state index in [9.17, 15) is 4.79 Å². The summed E-state index contributed by atoms with van der Waals surface area (Å²) in [6.45, 7) is 8.50. The van der Waals surface area contributed by atoms with E-state index in [0.29, 0.717) is 24.6 Å². The van der Waals surface area contributed by atoms with Crippen molar-refractivity contribution < 1.29 is 9.53 Å². The van der Waals surface area contributed by atoms with Gasteiger partial charge in [-0.2, -0.15) is 0 Å². The molecule has 2 heterocycles. The Morgan fingerprint density at radius 2 is 1.86 bits per heavy atom. The number of likely N-dealkylation sites (tertiary alicyclic amines) is 1. The molecular weight excluding hydrogens is 418 g/mol. The number of piperidine rings is 1. The molecule has 0 amide bonds. The number of Topliss-reactive ketones (excluding diaryl/α,β-unsaturated/α-hetero) is 1. The van der Waals surface area contributed by atoms with Crippen LogP contribution in [-0.4, -0.2) is 39.3 Å². The molecule has 0 N–H and O–H groups in total. The number of halogens is 1. The summed E-state index contributed by atoms with van der Waals surface area (Å²) in [6, 6.07) is 7.96. The van der Waals surface area contributed by atoms with Crippen molar-refractivity contribution in [2.24, 2.45) is 5.92 Å². The number of hydrogen-bond acceptors (Lipinski definition) is 5. The monoisotopic (exact) mass is 445 g/mol. The van der Waals surface area contributed by atoms with Gasteiger partial charge in [-0.15, -0.1) is 0 Å². The first-order chi connectivity index (χ1) is 13.3. The minimum Gasteiger partial charge on any atom is -0.471 e. The molecule has 0 saturated carbocycles. The zero-order valence-electron chi connectivity index (χ0n) is 16.8. The van der Waals surface area contributed by atoms with Gasteiger partial charge in [0, 0.05) is 35.7 Å². The number of benzene rings is 1. The Kier molecular flexibility index (Phi) is 6.83. The predicted octanol–water partition coefficient (Wildman–Crippen LogP) is 4.44. The van der Waals surface area contributed by atoms with E-state index >= 15 is 0 Å². The average molecular weight is 446 g/mol. The average Bonchev–Trinajstić information content (AvgIpc) is 2.64. The zero-order chi connectivity index (χ0) is 20.1. The summed E-state index contributed by atoms with van der Waals surface area (Å²) >= 11 is 3.54. The van der Waals surface area contributed by atoms with E-state index in [-0.39, 0.29) is 11.5 Å². The summed E-state index contributed by atoms with van der Waals surface area (Å²) in [4.78, 5) is 23.9. The van der Waals surface area contributed by atoms with Gasteiger partial charge in [-0.3, -0.25) is 14.7 Å². The molecule has 0 unspecified atom stereocenters. The predicted molar refractivity (Wildman–Crippen MR) is 113 cm³/mol. The highest BCUT2D eigenvalue weighted by molar-refractivity contribution is 9.10. The molecule has 5 nitrogen and oxygen atoms in total. The molecule has 1 saturated heterocycles. The summed E-state index contributed by atoms with van der Waals surface area (Å²) < 4.78 is 6.96. The van der Waals surface area contributed by atoms with E-state index in [2.05, 4.69) is 30.8 Å². The van der Waals surface area contributed by atoms with Gasteiger partial charge in [-0.1, -0.05) is 34.1 Å². The Hall–Kier alpha value is -1.79. The quantitative estimate of drug-likeness (QED) is 0.657. The number of carbonyl (C=O) groups excluding carboxylic acids is 1. The fourth-order valence-electron chi connectivity index (χ4n) is 3.44. The molecule has 1 aromatic carbocycles. The van der Waals surface area contributed by atoms with E-state index in [1.165, 1.54) is 0 Å². The van der Waals surface area contributed by atoms with E-state index in [1.807, 2.05) is 45.0 Å². The van der Waals surface area contributed by atoms with Gasteiger partial charge >= 0.3 is 0 Å². The van der Waals surface area contributed by atoms with Crippen molar-refractivity contribution in [1.82, 2.24) is 14.9 Å². The van der Waals surface area contributed by atoms with Gasteiger partial charge in [-0.05, 0) is 58.3 Å². The first kappa shape index (κ1) is 20.9. The van der Waals surface area contributed by atoms with Gasteiger partial charge in [-0.25, -0.2) is 4.98 Å². The van der Waals surface area contributed by atoms with Crippen molar-refractivity contribution in [1.29, 1.82) is 0 Å². The van der Waals surface area contributed by atoms with Gasteiger partial charge in [0.25, 0.3) is 0 Å². The smallest absolute Gasteiger partial charge is 0.237 e. The van der Waals surface area contributed by atoms with Gasteiger partial charge in [0.2, 0.25) is 5.88 Å². The Morgan fingerprint density at radius 3 is 2.54 bits per heavy atom. The summed E-state index contributed by atoms with van der Waals surface area (Å²) in [5, 5.41) is 0. The van der Waals surface area contributed by atoms with Crippen LogP contribution >= 0.6 is 15.9 Å². The van der Waals surface area contributed by atoms with E-state index in [0.717, 1.165) is 41.7 Å². The first-order valence-corrected chi connectivity index (χ1v) is 10.6. The normalized spacial score (nSPS) is 16.1. The Morgan fingerprint density at radius 1 is 1.18 bits per heavy atom. The van der Waals surface area contributed by atoms with Crippen molar-refractivity contribution in [3.63, 3.8) is 0 Å². The molecule has 1 fully saturated rings. The summed E-state index contributed by atoms with van der Waals surface area (Å²) in [5.74, 6) is 1.07. The molecule has 28 heavy (non-hydrogen) atoms. The second kappa shape index (κ2) is 9.14. The standard InChI is InChI=1S/C22H28BrN3O2/c1-22(2,3)28-21-19(24-10-11-25-21)15-26-12-8-16(9-13-26)20(27)14-17-6-4-5-7-18(17)23/h4-7,10-11,16H,8-9,12-15H2,1-3H3. The van der Waals surface area contributed by atoms with Crippen LogP contribution in [0.1, 0.15) is 44.9 Å². The number of aromatic nitrogens is 2. The molecule has 0 aliphatic carbocycles. The van der Waals surface area contributed by atoms with Crippen molar-refractivity contribution >= 4 is 21.7 Å². The second-order valence-electron chi connectivity index (χ2n) is 8.31. The molecule has 0 atom stereocenters. The van der Waals surface area contributed by atoms with Crippen LogP contribution in [0.25, 0.3) is 0 Å². The Bertz CT molecular complexity index is 811. The third-order valence-corrected chi connectivity index (χ3v) is 5.65. The summed E-state index contributed by atoms with van der Waals surface area (Å²) in [7, 11) is 0. The van der Waals surface area contributed by atoms with Crippen LogP contribution < -0.4 is 4.74 Å². The van der Waals surface area contributed by atoms with Crippen LogP contribution in [0, 0.1) is 5.92 Å². The second-order valence-corrected chi connectivity index (χ2v) is 9.16. The Balaban J connectivity index is 1.55. The maximum Gasteiger partial charge on any atom is 0.237 e. The number of carbonyl (C=O) groups is 1. The maximum atomic E-state index is 12.7. The largest absolute Gasteiger partial charge is 0.471 e. The first-order valence-electron chi connectivity index (χ1n) is 9.79. The fraction of sp³-hybridized carbons (Fsp3) is 0.500. The van der Waals surface area contributed by atoms with Crippen LogP contribution in [0.2, 0.25) is 0 Å². The van der Waals surface area contributed by atoms with E-state index < -0.39 is 0 Å². The summed E-state index contributed by atoms with van der Waals surface area (Å²) in [5.41, 5.74) is 1.62. The molecule has 0 radical (unpaired) electrons. The van der Waals surface area contributed by atoms with Crippen molar-refractivity contribution in [2.45, 2.75) is 52.2 Å². The number of rotatable bonds is 6. The van der Waals surface area contributed by atoms with Gasteiger partial charge in [0.15, 0.2) is 0 Å². The lowest BCUT2D eigenvalue weighted by atomic mass is 9.89. The molecule has 0 bridgehead atoms. The highest BCUT2D eigenvalue weighted by atomic mass is 79.9. The number of nitrogens with zero attached hydrogens (tertiary/aromatic N) is 3. The molecule has 1 aliphatic rings. The zero-order valence-corrected chi connectivity index (χ0v) is 18.4. The molecule has 2 aromatic rings. The molecule has 150 valence electrons. The van der Waals surface area contributed by atoms with Crippen LogP contribution in [-0.2, 0) is 17.8 Å². The number of hydrogen-bond donors (Lipinski definition) is 0. The lowest BCUT2D eigenvalue weighted by Crippen LogP contribution is -2.37. The topological polar surface area (TPSA) is 55.3 Å². The highest BCUT2D eigenvalue weighted by Gasteiger charge is 2.26. The lowest BCUT2D eigenvalue weighted by molar-refractivity contribution is -0.123. The van der Waals surface area contributed by atoms with Crippen molar-refractivity contribution in [3.8, 4) is 5.88 Å². The van der Waals surface area contributed by atoms with Crippen molar-refractivity contribution in [3.05, 3.63) is 52.4 Å². The molecule has 0 spiro atoms. The third-order valence-electron chi connectivity index (χ3n) is 4.88. The van der Waals surface area contributed by atoms with Gasteiger partial charge in [0.1, 0.15) is 17.1 Å². The molecule has 1 aliphatic heterocycles. The summed E-state index contributed by atoms with van der Waals surface area (Å²) in [6.07, 6.45) is 5.65. The van der Waals surface area contributed by atoms with Crippen molar-refractivity contribution in [2.75, 3.05) is 13.1 Å². The SMILES string of the molecule is CC(C)(C)Oc1nccnc1CN1CCC(C(=O)Cc2ccccc2Br)CC1. The molecule has 3 rings (SSSR count).